The molecule has 0 saturated carbocycles. The van der Waals surface area contributed by atoms with Crippen molar-refractivity contribution in [2.45, 2.75) is 12.1 Å². The minimum absolute atomic E-state index is 0.0924. The smallest absolute Gasteiger partial charge is 0.234 e. The number of nitrogens with one attached hydrogen (secondary N) is 1. The van der Waals surface area contributed by atoms with Crippen LogP contribution in [0.5, 0.6) is 5.75 Å². The Morgan fingerprint density at radius 3 is 2.88 bits per heavy atom. The van der Waals surface area contributed by atoms with Crippen LogP contribution in [0.3, 0.4) is 0 Å². The molecule has 7 heteroatoms. The summed E-state index contributed by atoms with van der Waals surface area (Å²) in [5.74, 6) is 0.862. The van der Waals surface area contributed by atoms with E-state index < -0.39 is 0 Å². The SMILES string of the molecule is COc1ccccc1-n1cnnc1SCC(=O)Nc1cccc(C)c1. The summed E-state index contributed by atoms with van der Waals surface area (Å²) in [5.41, 5.74) is 2.72. The Kier molecular flexibility index (Phi) is 5.35. The zero-order chi connectivity index (χ0) is 17.6. The lowest BCUT2D eigenvalue weighted by molar-refractivity contribution is -0.113. The van der Waals surface area contributed by atoms with E-state index in [1.54, 1.807) is 13.4 Å². The number of rotatable bonds is 6. The molecule has 0 spiro atoms. The summed E-state index contributed by atoms with van der Waals surface area (Å²) in [6, 6.07) is 15.3. The quantitative estimate of drug-likeness (QED) is 0.688. The van der Waals surface area contributed by atoms with Crippen molar-refractivity contribution in [1.29, 1.82) is 0 Å². The van der Waals surface area contributed by atoms with Crippen LogP contribution in [0.25, 0.3) is 5.69 Å². The zero-order valence-electron chi connectivity index (χ0n) is 14.0. The number of ether oxygens (including phenoxy) is 1. The molecule has 0 aliphatic heterocycles. The highest BCUT2D eigenvalue weighted by Gasteiger charge is 2.13. The molecular formula is C18H18N4O2S. The van der Waals surface area contributed by atoms with Crippen LogP contribution in [0, 0.1) is 6.92 Å². The molecule has 1 amide bonds. The number of hydrogen-bond donors (Lipinski definition) is 1. The van der Waals surface area contributed by atoms with Crippen LogP contribution in [0.1, 0.15) is 5.56 Å². The van der Waals surface area contributed by atoms with Crippen molar-refractivity contribution >= 4 is 23.4 Å². The predicted molar refractivity (Wildman–Crippen MR) is 98.4 cm³/mol. The molecule has 1 aromatic heterocycles. The molecule has 3 rings (SSSR count). The van der Waals surface area contributed by atoms with Gasteiger partial charge in [-0.1, -0.05) is 36.0 Å². The van der Waals surface area contributed by atoms with Crippen molar-refractivity contribution in [3.05, 3.63) is 60.4 Å². The lowest BCUT2D eigenvalue weighted by Gasteiger charge is -2.10. The minimum atomic E-state index is -0.0924. The largest absolute Gasteiger partial charge is 0.495 e. The number of methoxy groups -OCH3 is 1. The number of carbonyl (C=O) groups is 1. The van der Waals surface area contributed by atoms with Crippen LogP contribution in [-0.4, -0.2) is 33.5 Å². The number of nitrogens with zero attached hydrogens (tertiary/aromatic N) is 3. The van der Waals surface area contributed by atoms with Gasteiger partial charge in [0.25, 0.3) is 0 Å². The highest BCUT2D eigenvalue weighted by atomic mass is 32.2. The second-order valence-electron chi connectivity index (χ2n) is 5.36. The van der Waals surface area contributed by atoms with E-state index in [2.05, 4.69) is 15.5 Å². The summed E-state index contributed by atoms with van der Waals surface area (Å²) in [6.45, 7) is 1.99. The van der Waals surface area contributed by atoms with Gasteiger partial charge in [0, 0.05) is 5.69 Å². The molecule has 25 heavy (non-hydrogen) atoms. The van der Waals surface area contributed by atoms with Crippen molar-refractivity contribution in [2.75, 3.05) is 18.2 Å². The van der Waals surface area contributed by atoms with Crippen molar-refractivity contribution in [1.82, 2.24) is 14.8 Å². The van der Waals surface area contributed by atoms with E-state index in [1.807, 2.05) is 60.0 Å². The van der Waals surface area contributed by atoms with E-state index in [0.29, 0.717) is 10.9 Å². The first-order valence-corrected chi connectivity index (χ1v) is 8.68. The molecule has 0 atom stereocenters. The van der Waals surface area contributed by atoms with E-state index in [0.717, 1.165) is 16.9 Å². The Bertz CT molecular complexity index is 879. The molecule has 128 valence electrons. The number of aryl methyl sites for hydroxylation is 1. The number of anilines is 1. The van der Waals surface area contributed by atoms with Gasteiger partial charge in [0.05, 0.1) is 18.6 Å². The Labute approximate surface area is 150 Å². The number of hydrogen-bond acceptors (Lipinski definition) is 5. The monoisotopic (exact) mass is 354 g/mol. The molecule has 0 fully saturated rings. The van der Waals surface area contributed by atoms with Crippen LogP contribution >= 0.6 is 11.8 Å². The second kappa shape index (κ2) is 7.85. The molecule has 3 aromatic rings. The third-order valence-corrected chi connectivity index (χ3v) is 4.44. The summed E-state index contributed by atoms with van der Waals surface area (Å²) in [5, 5.41) is 11.6. The summed E-state index contributed by atoms with van der Waals surface area (Å²) in [6.07, 6.45) is 1.61. The van der Waals surface area contributed by atoms with Gasteiger partial charge in [-0.2, -0.15) is 0 Å². The van der Waals surface area contributed by atoms with Gasteiger partial charge in [-0.15, -0.1) is 10.2 Å². The predicted octanol–water partition coefficient (Wildman–Crippen LogP) is 3.32. The average molecular weight is 354 g/mol. The van der Waals surface area contributed by atoms with Gasteiger partial charge < -0.3 is 10.1 Å². The summed E-state index contributed by atoms with van der Waals surface area (Å²) < 4.78 is 7.18. The Morgan fingerprint density at radius 1 is 1.24 bits per heavy atom. The maximum Gasteiger partial charge on any atom is 0.234 e. The molecule has 1 heterocycles. The van der Waals surface area contributed by atoms with E-state index in [1.165, 1.54) is 11.8 Å². The summed E-state index contributed by atoms with van der Waals surface area (Å²) in [4.78, 5) is 12.2. The maximum atomic E-state index is 12.2. The fourth-order valence-electron chi connectivity index (χ4n) is 2.37. The van der Waals surface area contributed by atoms with Gasteiger partial charge in [-0.3, -0.25) is 9.36 Å². The van der Waals surface area contributed by atoms with Gasteiger partial charge in [-0.05, 0) is 36.8 Å². The summed E-state index contributed by atoms with van der Waals surface area (Å²) in [7, 11) is 1.62. The van der Waals surface area contributed by atoms with Gasteiger partial charge in [0.15, 0.2) is 5.16 Å². The van der Waals surface area contributed by atoms with Crippen molar-refractivity contribution in [3.8, 4) is 11.4 Å². The molecule has 2 aromatic carbocycles. The van der Waals surface area contributed by atoms with Crippen molar-refractivity contribution in [2.24, 2.45) is 0 Å². The number of para-hydroxylation sites is 2. The van der Waals surface area contributed by atoms with Crippen LogP contribution < -0.4 is 10.1 Å². The van der Waals surface area contributed by atoms with Gasteiger partial charge in [0.1, 0.15) is 12.1 Å². The standard InChI is InChI=1S/C18H18N4O2S/c1-13-6-5-7-14(10-13)20-17(23)11-25-18-21-19-12-22(18)15-8-3-4-9-16(15)24-2/h3-10,12H,11H2,1-2H3,(H,20,23). The first-order chi connectivity index (χ1) is 12.2. The third kappa shape index (κ3) is 4.19. The molecular weight excluding hydrogens is 336 g/mol. The molecule has 0 unspecified atom stereocenters. The fourth-order valence-corrected chi connectivity index (χ4v) is 3.09. The second-order valence-corrected chi connectivity index (χ2v) is 6.30. The lowest BCUT2D eigenvalue weighted by atomic mass is 10.2. The van der Waals surface area contributed by atoms with Crippen LogP contribution in [0.4, 0.5) is 5.69 Å². The summed E-state index contributed by atoms with van der Waals surface area (Å²) >= 11 is 1.32. The first kappa shape index (κ1) is 17.0. The maximum absolute atomic E-state index is 12.2. The normalized spacial score (nSPS) is 10.5. The molecule has 0 aliphatic carbocycles. The number of amides is 1. The lowest BCUT2D eigenvalue weighted by Crippen LogP contribution is -2.14. The topological polar surface area (TPSA) is 69.0 Å². The average Bonchev–Trinajstić information content (AvgIpc) is 3.08. The molecule has 0 radical (unpaired) electrons. The molecule has 6 nitrogen and oxygen atoms in total. The van der Waals surface area contributed by atoms with Gasteiger partial charge in [-0.25, -0.2) is 0 Å². The zero-order valence-corrected chi connectivity index (χ0v) is 14.8. The van der Waals surface area contributed by atoms with Crippen molar-refractivity contribution in [3.63, 3.8) is 0 Å². The Balaban J connectivity index is 1.68. The molecule has 0 bridgehead atoms. The number of thioether (sulfide) groups is 1. The van der Waals surface area contributed by atoms with Gasteiger partial charge >= 0.3 is 0 Å². The number of benzene rings is 2. The van der Waals surface area contributed by atoms with E-state index in [9.17, 15) is 4.79 Å². The minimum Gasteiger partial charge on any atom is -0.495 e. The number of aromatic nitrogens is 3. The van der Waals surface area contributed by atoms with E-state index in [-0.39, 0.29) is 11.7 Å². The highest BCUT2D eigenvalue weighted by Crippen LogP contribution is 2.26. The Hall–Kier alpha value is -2.80. The number of carbonyl (C=O) groups excluding carboxylic acids is 1. The highest BCUT2D eigenvalue weighted by molar-refractivity contribution is 7.99. The third-order valence-electron chi connectivity index (χ3n) is 3.50. The van der Waals surface area contributed by atoms with Crippen LogP contribution in [0.2, 0.25) is 0 Å². The first-order valence-electron chi connectivity index (χ1n) is 7.70. The molecule has 0 aliphatic rings. The molecule has 1 N–H and O–H groups in total. The van der Waals surface area contributed by atoms with E-state index in [4.69, 9.17) is 4.74 Å². The fraction of sp³-hybridized carbons (Fsp3) is 0.167. The van der Waals surface area contributed by atoms with Gasteiger partial charge in [0.2, 0.25) is 5.91 Å². The van der Waals surface area contributed by atoms with Crippen LogP contribution in [0.15, 0.2) is 60.0 Å². The Morgan fingerprint density at radius 2 is 2.08 bits per heavy atom. The molecule has 0 saturated heterocycles. The van der Waals surface area contributed by atoms with Crippen molar-refractivity contribution < 1.29 is 9.53 Å². The van der Waals surface area contributed by atoms with E-state index >= 15 is 0 Å². The van der Waals surface area contributed by atoms with Crippen LogP contribution in [-0.2, 0) is 4.79 Å².